The minimum Gasteiger partial charge on any atom is -0.489 e. The van der Waals surface area contributed by atoms with Crippen LogP contribution in [0.1, 0.15) is 30.4 Å². The minimum absolute atomic E-state index is 0.589. The van der Waals surface area contributed by atoms with Crippen molar-refractivity contribution in [3.05, 3.63) is 64.7 Å². The molecule has 0 atom stereocenters. The molecule has 28 heavy (non-hydrogen) atoms. The smallest absolute Gasteiger partial charge is 0.414 e. The molecule has 0 bridgehead atoms. The minimum atomic E-state index is -1.82. The van der Waals surface area contributed by atoms with E-state index in [2.05, 4.69) is 29.2 Å². The number of hydrogen-bond donors (Lipinski definition) is 2. The van der Waals surface area contributed by atoms with Crippen molar-refractivity contribution < 1.29 is 24.5 Å². The van der Waals surface area contributed by atoms with Crippen molar-refractivity contribution in [1.82, 2.24) is 4.90 Å². The van der Waals surface area contributed by atoms with Gasteiger partial charge in [-0.25, -0.2) is 9.59 Å². The molecule has 0 radical (unpaired) electrons. The van der Waals surface area contributed by atoms with E-state index in [9.17, 15) is 0 Å². The summed E-state index contributed by atoms with van der Waals surface area (Å²) in [5.74, 6) is -2.80. The number of carbonyl (C=O) groups is 2. The first-order valence-electron chi connectivity index (χ1n) is 9.09. The van der Waals surface area contributed by atoms with Crippen LogP contribution in [0.3, 0.4) is 0 Å². The van der Waals surface area contributed by atoms with E-state index >= 15 is 0 Å². The first-order valence-corrected chi connectivity index (χ1v) is 9.46. The number of benzene rings is 2. The number of likely N-dealkylation sites (tertiary alicyclic amines) is 1. The summed E-state index contributed by atoms with van der Waals surface area (Å²) in [4.78, 5) is 20.7. The molecular formula is C21H24ClNO5. The Kier molecular flexibility index (Phi) is 8.78. The predicted molar refractivity (Wildman–Crippen MR) is 107 cm³/mol. The van der Waals surface area contributed by atoms with Gasteiger partial charge >= 0.3 is 11.9 Å². The van der Waals surface area contributed by atoms with Crippen LogP contribution >= 0.6 is 11.6 Å². The summed E-state index contributed by atoms with van der Waals surface area (Å²) >= 11 is 5.87. The van der Waals surface area contributed by atoms with Gasteiger partial charge in [0.05, 0.1) is 0 Å². The van der Waals surface area contributed by atoms with Crippen molar-refractivity contribution in [2.75, 3.05) is 13.1 Å². The Morgan fingerprint density at radius 3 is 1.93 bits per heavy atom. The van der Waals surface area contributed by atoms with Gasteiger partial charge in [-0.1, -0.05) is 42.3 Å². The lowest BCUT2D eigenvalue weighted by atomic mass is 10.1. The van der Waals surface area contributed by atoms with Crippen molar-refractivity contribution in [3.8, 4) is 5.75 Å². The molecule has 150 valence electrons. The number of halogens is 1. The Labute approximate surface area is 169 Å². The number of carboxylic acid groups (broad SMARTS) is 2. The van der Waals surface area contributed by atoms with Crippen molar-refractivity contribution in [3.63, 3.8) is 0 Å². The van der Waals surface area contributed by atoms with Crippen molar-refractivity contribution >= 4 is 23.5 Å². The van der Waals surface area contributed by atoms with Crippen LogP contribution in [0.5, 0.6) is 5.75 Å². The lowest BCUT2D eigenvalue weighted by molar-refractivity contribution is -0.159. The van der Waals surface area contributed by atoms with Crippen LogP contribution in [-0.2, 0) is 22.7 Å². The van der Waals surface area contributed by atoms with Gasteiger partial charge in [0.25, 0.3) is 0 Å². The van der Waals surface area contributed by atoms with Crippen molar-refractivity contribution in [1.29, 1.82) is 0 Å². The van der Waals surface area contributed by atoms with Gasteiger partial charge in [-0.05, 0) is 61.3 Å². The van der Waals surface area contributed by atoms with E-state index < -0.39 is 11.9 Å². The highest BCUT2D eigenvalue weighted by Crippen LogP contribution is 2.18. The van der Waals surface area contributed by atoms with Crippen LogP contribution in [0.4, 0.5) is 0 Å². The van der Waals surface area contributed by atoms with Gasteiger partial charge in [-0.3, -0.25) is 4.90 Å². The van der Waals surface area contributed by atoms with Crippen LogP contribution in [0, 0.1) is 0 Å². The Balaban J connectivity index is 0.000000409. The third-order valence-electron chi connectivity index (χ3n) is 4.28. The van der Waals surface area contributed by atoms with Crippen LogP contribution in [0.2, 0.25) is 5.02 Å². The summed E-state index contributed by atoms with van der Waals surface area (Å²) in [6, 6.07) is 16.2. The van der Waals surface area contributed by atoms with Gasteiger partial charge in [-0.2, -0.15) is 0 Å². The molecule has 7 heteroatoms. The van der Waals surface area contributed by atoms with Crippen molar-refractivity contribution in [2.24, 2.45) is 0 Å². The lowest BCUT2D eigenvalue weighted by Crippen LogP contribution is -2.29. The molecule has 1 saturated heterocycles. The normalized spacial score (nSPS) is 13.9. The topological polar surface area (TPSA) is 87.1 Å². The number of rotatable bonds is 5. The number of piperidine rings is 1. The third-order valence-corrected chi connectivity index (χ3v) is 4.53. The zero-order valence-electron chi connectivity index (χ0n) is 15.5. The molecule has 0 unspecified atom stereocenters. The van der Waals surface area contributed by atoms with Crippen LogP contribution in [-0.4, -0.2) is 40.1 Å². The standard InChI is InChI=1S/C19H22ClNO.C2H2O4/c20-18-8-10-19(11-9-18)22-15-17-6-4-16(5-7-17)14-21-12-2-1-3-13-21;3-1(4)2(5)6/h4-11H,1-3,12-15H2;(H,3,4)(H,5,6). The second kappa shape index (κ2) is 11.3. The van der Waals surface area contributed by atoms with E-state index in [1.165, 1.54) is 43.5 Å². The maximum atomic E-state index is 9.10. The number of ether oxygens (including phenoxy) is 1. The molecule has 0 aliphatic carbocycles. The zero-order chi connectivity index (χ0) is 20.4. The molecule has 0 saturated carbocycles. The fourth-order valence-corrected chi connectivity index (χ4v) is 2.94. The number of aliphatic carboxylic acids is 2. The molecule has 3 rings (SSSR count). The molecule has 1 fully saturated rings. The van der Waals surface area contributed by atoms with Gasteiger partial charge in [0.2, 0.25) is 0 Å². The van der Waals surface area contributed by atoms with E-state index in [1.807, 2.05) is 24.3 Å². The average Bonchev–Trinajstić information content (AvgIpc) is 2.70. The Morgan fingerprint density at radius 2 is 1.39 bits per heavy atom. The molecule has 1 aliphatic heterocycles. The van der Waals surface area contributed by atoms with E-state index in [1.54, 1.807) is 0 Å². The first-order chi connectivity index (χ1) is 13.4. The summed E-state index contributed by atoms with van der Waals surface area (Å²) in [6.45, 7) is 4.13. The van der Waals surface area contributed by atoms with Crippen LogP contribution in [0.15, 0.2) is 48.5 Å². The van der Waals surface area contributed by atoms with Gasteiger partial charge in [0, 0.05) is 11.6 Å². The third kappa shape index (κ3) is 7.98. The average molecular weight is 406 g/mol. The molecule has 1 aliphatic rings. The Bertz CT molecular complexity index is 743. The highest BCUT2D eigenvalue weighted by atomic mass is 35.5. The number of carboxylic acids is 2. The first kappa shape index (κ1) is 21.7. The quantitative estimate of drug-likeness (QED) is 0.729. The molecule has 2 aromatic rings. The van der Waals surface area contributed by atoms with Crippen molar-refractivity contribution in [2.45, 2.75) is 32.4 Å². The monoisotopic (exact) mass is 405 g/mol. The summed E-state index contributed by atoms with van der Waals surface area (Å²) in [5.41, 5.74) is 2.58. The van der Waals surface area contributed by atoms with Gasteiger partial charge < -0.3 is 14.9 Å². The molecular weight excluding hydrogens is 382 g/mol. The second-order valence-corrected chi connectivity index (χ2v) is 6.94. The van der Waals surface area contributed by atoms with Crippen LogP contribution in [0.25, 0.3) is 0 Å². The van der Waals surface area contributed by atoms with Gasteiger partial charge in [0.1, 0.15) is 12.4 Å². The fourth-order valence-electron chi connectivity index (χ4n) is 2.81. The van der Waals surface area contributed by atoms with Gasteiger partial charge in [-0.15, -0.1) is 0 Å². The maximum Gasteiger partial charge on any atom is 0.414 e. The summed E-state index contributed by atoms with van der Waals surface area (Å²) in [7, 11) is 0. The number of nitrogens with zero attached hydrogens (tertiary/aromatic N) is 1. The maximum absolute atomic E-state index is 9.10. The number of hydrogen-bond acceptors (Lipinski definition) is 4. The summed E-state index contributed by atoms with van der Waals surface area (Å²) < 4.78 is 5.77. The molecule has 2 N–H and O–H groups in total. The highest BCUT2D eigenvalue weighted by molar-refractivity contribution is 6.30. The molecule has 0 spiro atoms. The van der Waals surface area contributed by atoms with E-state index in [4.69, 9.17) is 36.1 Å². The Morgan fingerprint density at radius 1 is 0.857 bits per heavy atom. The molecule has 2 aromatic carbocycles. The summed E-state index contributed by atoms with van der Waals surface area (Å²) in [5, 5.41) is 15.5. The largest absolute Gasteiger partial charge is 0.489 e. The van der Waals surface area contributed by atoms with E-state index in [0.717, 1.165) is 17.3 Å². The SMILES string of the molecule is Clc1ccc(OCc2ccc(CN3CCCCC3)cc2)cc1.O=C(O)C(=O)O. The van der Waals surface area contributed by atoms with E-state index in [0.29, 0.717) is 6.61 Å². The molecule has 0 amide bonds. The zero-order valence-corrected chi connectivity index (χ0v) is 16.3. The molecule has 0 aromatic heterocycles. The fraction of sp³-hybridized carbons (Fsp3) is 0.333. The predicted octanol–water partition coefficient (Wildman–Crippen LogP) is 4.06. The van der Waals surface area contributed by atoms with Gasteiger partial charge in [0.15, 0.2) is 0 Å². The molecule has 1 heterocycles. The highest BCUT2D eigenvalue weighted by Gasteiger charge is 2.10. The molecule has 6 nitrogen and oxygen atoms in total. The van der Waals surface area contributed by atoms with Crippen LogP contribution < -0.4 is 4.74 Å². The lowest BCUT2D eigenvalue weighted by Gasteiger charge is -2.26. The Hall–Kier alpha value is -2.57. The summed E-state index contributed by atoms with van der Waals surface area (Å²) in [6.07, 6.45) is 4.07. The van der Waals surface area contributed by atoms with E-state index in [-0.39, 0.29) is 0 Å². The second-order valence-electron chi connectivity index (χ2n) is 6.51.